The lowest BCUT2D eigenvalue weighted by atomic mass is 10.3. The van der Waals surface area contributed by atoms with Crippen LogP contribution in [0.4, 0.5) is 0 Å². The summed E-state index contributed by atoms with van der Waals surface area (Å²) in [5.41, 5.74) is 0.689. The highest BCUT2D eigenvalue weighted by atomic mass is 79.9. The predicted octanol–water partition coefficient (Wildman–Crippen LogP) is -2.02. The van der Waals surface area contributed by atoms with E-state index < -0.39 is 0 Å². The molecule has 1 aromatic rings. The van der Waals surface area contributed by atoms with Gasteiger partial charge in [0.2, 0.25) is 0 Å². The van der Waals surface area contributed by atoms with Crippen LogP contribution in [0, 0.1) is 0 Å². The first kappa shape index (κ1) is 11.0. The van der Waals surface area contributed by atoms with Gasteiger partial charge in [-0.1, -0.05) is 6.58 Å². The highest BCUT2D eigenvalue weighted by molar-refractivity contribution is 5.73. The standard InChI is InChI=1S/C9H10NO.BrH/c1-2-5-10-6-3-4-9(7-10)8-11;/h2-4,6-8H,1,5H2;1H/q+1;/p-1. The zero-order valence-corrected chi connectivity index (χ0v) is 8.20. The summed E-state index contributed by atoms with van der Waals surface area (Å²) >= 11 is 0. The Hall–Kier alpha value is -0.960. The van der Waals surface area contributed by atoms with Crippen molar-refractivity contribution in [3.63, 3.8) is 0 Å². The molecule has 0 aliphatic heterocycles. The molecule has 0 aromatic carbocycles. The molecule has 0 unspecified atom stereocenters. The number of nitrogens with zero attached hydrogens (tertiary/aromatic N) is 1. The summed E-state index contributed by atoms with van der Waals surface area (Å²) in [7, 11) is 0. The molecule has 0 N–H and O–H groups in total. The van der Waals surface area contributed by atoms with Crippen molar-refractivity contribution in [2.45, 2.75) is 6.54 Å². The van der Waals surface area contributed by atoms with Gasteiger partial charge in [0.25, 0.3) is 0 Å². The zero-order valence-electron chi connectivity index (χ0n) is 6.61. The van der Waals surface area contributed by atoms with Gasteiger partial charge in [-0.25, -0.2) is 4.57 Å². The molecular weight excluding hydrogens is 218 g/mol. The molecule has 1 heterocycles. The Balaban J connectivity index is 0.00000121. The largest absolute Gasteiger partial charge is 1.00 e. The lowest BCUT2D eigenvalue weighted by Crippen LogP contribution is -3.00. The zero-order chi connectivity index (χ0) is 8.10. The molecule has 0 spiro atoms. The smallest absolute Gasteiger partial charge is 0.179 e. The maximum atomic E-state index is 10.3. The molecule has 0 amide bonds. The molecule has 0 fully saturated rings. The molecule has 0 radical (unpaired) electrons. The first-order valence-electron chi connectivity index (χ1n) is 3.42. The van der Waals surface area contributed by atoms with Crippen molar-refractivity contribution in [1.29, 1.82) is 0 Å². The topological polar surface area (TPSA) is 20.9 Å². The first-order valence-corrected chi connectivity index (χ1v) is 3.42. The number of halogens is 1. The minimum absolute atomic E-state index is 0. The molecular formula is C9H10BrNO. The van der Waals surface area contributed by atoms with Crippen molar-refractivity contribution in [3.05, 3.63) is 42.7 Å². The van der Waals surface area contributed by atoms with Crippen molar-refractivity contribution in [2.75, 3.05) is 0 Å². The number of aromatic nitrogens is 1. The van der Waals surface area contributed by atoms with E-state index in [2.05, 4.69) is 6.58 Å². The van der Waals surface area contributed by atoms with Gasteiger partial charge in [-0.3, -0.25) is 4.79 Å². The van der Waals surface area contributed by atoms with Gasteiger partial charge in [-0.15, -0.1) is 0 Å². The van der Waals surface area contributed by atoms with Gasteiger partial charge in [0.05, 0.1) is 5.56 Å². The summed E-state index contributed by atoms with van der Waals surface area (Å²) < 4.78 is 1.90. The Morgan fingerprint density at radius 2 is 2.33 bits per heavy atom. The van der Waals surface area contributed by atoms with Crippen molar-refractivity contribution in [1.82, 2.24) is 0 Å². The third-order valence-corrected chi connectivity index (χ3v) is 1.36. The average molecular weight is 228 g/mol. The minimum atomic E-state index is 0. The second-order valence-corrected chi connectivity index (χ2v) is 2.24. The number of allylic oxidation sites excluding steroid dienone is 1. The van der Waals surface area contributed by atoms with Gasteiger partial charge in [0.15, 0.2) is 25.2 Å². The van der Waals surface area contributed by atoms with Crippen molar-refractivity contribution < 1.29 is 26.3 Å². The number of carbonyl (C=O) groups is 1. The van der Waals surface area contributed by atoms with Gasteiger partial charge in [-0.2, -0.15) is 0 Å². The molecule has 0 saturated carbocycles. The van der Waals surface area contributed by atoms with Gasteiger partial charge in [0, 0.05) is 6.07 Å². The monoisotopic (exact) mass is 227 g/mol. The summed E-state index contributed by atoms with van der Waals surface area (Å²) in [4.78, 5) is 10.3. The van der Waals surface area contributed by atoms with Gasteiger partial charge in [0.1, 0.15) is 0 Å². The Bertz CT molecular complexity index is 273. The lowest BCUT2D eigenvalue weighted by molar-refractivity contribution is -0.687. The Labute approximate surface area is 82.3 Å². The van der Waals surface area contributed by atoms with E-state index >= 15 is 0 Å². The van der Waals surface area contributed by atoms with E-state index in [-0.39, 0.29) is 17.0 Å². The number of hydrogen-bond donors (Lipinski definition) is 0. The second kappa shape index (κ2) is 5.66. The highest BCUT2D eigenvalue weighted by Crippen LogP contribution is 1.87. The number of pyridine rings is 1. The van der Waals surface area contributed by atoms with Crippen LogP contribution in [-0.4, -0.2) is 6.29 Å². The third-order valence-electron chi connectivity index (χ3n) is 1.36. The molecule has 1 aromatic heterocycles. The van der Waals surface area contributed by atoms with E-state index in [1.165, 1.54) is 0 Å². The van der Waals surface area contributed by atoms with Crippen LogP contribution in [-0.2, 0) is 6.54 Å². The van der Waals surface area contributed by atoms with Gasteiger partial charge >= 0.3 is 0 Å². The second-order valence-electron chi connectivity index (χ2n) is 2.24. The molecule has 1 rings (SSSR count). The summed E-state index contributed by atoms with van der Waals surface area (Å²) in [6.07, 6.45) is 6.30. The van der Waals surface area contributed by atoms with Crippen LogP contribution in [0.25, 0.3) is 0 Å². The molecule has 64 valence electrons. The quantitative estimate of drug-likeness (QED) is 0.332. The molecule has 3 heteroatoms. The molecule has 0 bridgehead atoms. The van der Waals surface area contributed by atoms with Crippen LogP contribution in [0.15, 0.2) is 37.2 Å². The van der Waals surface area contributed by atoms with Crippen LogP contribution in [0.5, 0.6) is 0 Å². The highest BCUT2D eigenvalue weighted by Gasteiger charge is 1.97. The summed E-state index contributed by atoms with van der Waals surface area (Å²) in [6, 6.07) is 3.61. The summed E-state index contributed by atoms with van der Waals surface area (Å²) in [5, 5.41) is 0. The van der Waals surface area contributed by atoms with Crippen LogP contribution in [0.3, 0.4) is 0 Å². The fourth-order valence-electron chi connectivity index (χ4n) is 0.875. The van der Waals surface area contributed by atoms with Crippen molar-refractivity contribution in [3.8, 4) is 0 Å². The van der Waals surface area contributed by atoms with E-state index in [0.29, 0.717) is 5.56 Å². The van der Waals surface area contributed by atoms with Crippen LogP contribution >= 0.6 is 0 Å². The Morgan fingerprint density at radius 3 is 2.92 bits per heavy atom. The predicted molar refractivity (Wildman–Crippen MR) is 42.2 cm³/mol. The van der Waals surface area contributed by atoms with Crippen molar-refractivity contribution >= 4 is 6.29 Å². The third kappa shape index (κ3) is 2.96. The summed E-state index contributed by atoms with van der Waals surface area (Å²) in [6.45, 7) is 4.34. The van der Waals surface area contributed by atoms with Gasteiger partial charge in [-0.05, 0) is 12.1 Å². The van der Waals surface area contributed by atoms with Crippen LogP contribution in [0.1, 0.15) is 10.4 Å². The molecule has 0 atom stereocenters. The normalized spacial score (nSPS) is 8.33. The molecule has 0 aliphatic rings. The van der Waals surface area contributed by atoms with E-state index in [1.807, 2.05) is 16.8 Å². The number of rotatable bonds is 3. The van der Waals surface area contributed by atoms with E-state index in [9.17, 15) is 4.79 Å². The average Bonchev–Trinajstić information content (AvgIpc) is 2.06. The van der Waals surface area contributed by atoms with E-state index in [1.54, 1.807) is 18.3 Å². The maximum Gasteiger partial charge on any atom is 0.179 e. The lowest BCUT2D eigenvalue weighted by Gasteiger charge is -1.90. The van der Waals surface area contributed by atoms with Crippen LogP contribution < -0.4 is 21.5 Å². The fourth-order valence-corrected chi connectivity index (χ4v) is 0.875. The van der Waals surface area contributed by atoms with Crippen LogP contribution in [0.2, 0.25) is 0 Å². The summed E-state index contributed by atoms with van der Waals surface area (Å²) in [5.74, 6) is 0. The molecule has 12 heavy (non-hydrogen) atoms. The van der Waals surface area contributed by atoms with E-state index in [0.717, 1.165) is 12.8 Å². The molecule has 0 aliphatic carbocycles. The molecule has 2 nitrogen and oxygen atoms in total. The molecule has 0 saturated heterocycles. The van der Waals surface area contributed by atoms with Gasteiger partial charge < -0.3 is 17.0 Å². The maximum absolute atomic E-state index is 10.3. The SMILES string of the molecule is C=CC[n+]1cccc(C=O)c1.[Br-]. The first-order chi connectivity index (χ1) is 5.36. The minimum Gasteiger partial charge on any atom is -1.00 e. The fraction of sp³-hybridized carbons (Fsp3) is 0.111. The number of carbonyl (C=O) groups excluding carboxylic acids is 1. The Morgan fingerprint density at radius 1 is 1.58 bits per heavy atom. The van der Waals surface area contributed by atoms with E-state index in [4.69, 9.17) is 0 Å². The number of hydrogen-bond acceptors (Lipinski definition) is 1. The Kier molecular flexibility index (Phi) is 5.21. The number of aldehydes is 1. The van der Waals surface area contributed by atoms with Crippen molar-refractivity contribution in [2.24, 2.45) is 0 Å².